The normalized spacial score (nSPS) is 11.1. The smallest absolute Gasteiger partial charge is 0.294 e. The largest absolute Gasteiger partial charge is 0.507 e. The molecule has 0 fully saturated rings. The number of benzene rings is 2. The lowest BCUT2D eigenvalue weighted by molar-refractivity contribution is -0.384. The molecule has 22 heavy (non-hydrogen) atoms. The standard InChI is InChI=1S/C15H15N3O4/c1-10(12-9-11(22-2)7-8-15(12)19)16-17-13-5-3-4-6-14(13)18(20)21/h3-9,17,19H,1-2H3/b16-10+. The van der Waals surface area contributed by atoms with Crippen LogP contribution in [0.2, 0.25) is 0 Å². The molecular weight excluding hydrogens is 286 g/mol. The molecule has 7 nitrogen and oxygen atoms in total. The van der Waals surface area contributed by atoms with Crippen molar-refractivity contribution in [2.24, 2.45) is 5.10 Å². The molecule has 0 aliphatic rings. The van der Waals surface area contributed by atoms with Gasteiger partial charge < -0.3 is 9.84 Å². The zero-order valence-electron chi connectivity index (χ0n) is 12.1. The average Bonchev–Trinajstić information content (AvgIpc) is 2.53. The van der Waals surface area contributed by atoms with Gasteiger partial charge in [-0.05, 0) is 31.2 Å². The molecule has 0 aliphatic heterocycles. The summed E-state index contributed by atoms with van der Waals surface area (Å²) in [6.45, 7) is 1.68. The molecule has 0 spiro atoms. The van der Waals surface area contributed by atoms with Crippen molar-refractivity contribution in [3.63, 3.8) is 0 Å². The van der Waals surface area contributed by atoms with E-state index in [9.17, 15) is 15.2 Å². The highest BCUT2D eigenvalue weighted by atomic mass is 16.6. The summed E-state index contributed by atoms with van der Waals surface area (Å²) < 4.78 is 5.10. The SMILES string of the molecule is COc1ccc(O)c(/C(C)=N/Nc2ccccc2[N+](=O)[O-])c1. The van der Waals surface area contributed by atoms with E-state index in [1.165, 1.54) is 19.2 Å². The number of methoxy groups -OCH3 is 1. The van der Waals surface area contributed by atoms with Gasteiger partial charge in [-0.15, -0.1) is 0 Å². The summed E-state index contributed by atoms with van der Waals surface area (Å²) in [5.74, 6) is 0.624. The summed E-state index contributed by atoms with van der Waals surface area (Å²) in [6.07, 6.45) is 0. The lowest BCUT2D eigenvalue weighted by Crippen LogP contribution is -2.02. The van der Waals surface area contributed by atoms with Crippen molar-refractivity contribution in [3.8, 4) is 11.5 Å². The molecule has 0 aliphatic carbocycles. The average molecular weight is 301 g/mol. The fourth-order valence-electron chi connectivity index (χ4n) is 1.86. The van der Waals surface area contributed by atoms with E-state index >= 15 is 0 Å². The number of aromatic hydroxyl groups is 1. The summed E-state index contributed by atoms with van der Waals surface area (Å²) in [5, 5.41) is 24.9. The Morgan fingerprint density at radius 1 is 1.32 bits per heavy atom. The van der Waals surface area contributed by atoms with Crippen molar-refractivity contribution < 1.29 is 14.8 Å². The minimum atomic E-state index is -0.490. The maximum atomic E-state index is 10.9. The Morgan fingerprint density at radius 2 is 2.05 bits per heavy atom. The number of rotatable bonds is 5. The molecule has 0 atom stereocenters. The van der Waals surface area contributed by atoms with Crippen molar-refractivity contribution in [3.05, 3.63) is 58.1 Å². The van der Waals surface area contributed by atoms with Crippen LogP contribution in [0.4, 0.5) is 11.4 Å². The molecule has 114 valence electrons. The number of phenolic OH excluding ortho intramolecular Hbond substituents is 1. The van der Waals surface area contributed by atoms with Gasteiger partial charge in [0, 0.05) is 11.6 Å². The molecule has 0 saturated heterocycles. The summed E-state index contributed by atoms with van der Waals surface area (Å²) >= 11 is 0. The van der Waals surface area contributed by atoms with E-state index in [0.29, 0.717) is 17.0 Å². The quantitative estimate of drug-likeness (QED) is 0.502. The summed E-state index contributed by atoms with van der Waals surface area (Å²) in [5.41, 5.74) is 3.79. The van der Waals surface area contributed by atoms with Crippen LogP contribution in [0.5, 0.6) is 11.5 Å². The fourth-order valence-corrected chi connectivity index (χ4v) is 1.86. The van der Waals surface area contributed by atoms with Crippen LogP contribution in [0.1, 0.15) is 12.5 Å². The Bertz CT molecular complexity index is 728. The third-order valence-electron chi connectivity index (χ3n) is 3.04. The molecule has 0 heterocycles. The maximum Gasteiger partial charge on any atom is 0.294 e. The number of hydrogen-bond donors (Lipinski definition) is 2. The van der Waals surface area contributed by atoms with Gasteiger partial charge in [0.2, 0.25) is 0 Å². The molecular formula is C15H15N3O4. The number of ether oxygens (including phenoxy) is 1. The highest BCUT2D eigenvalue weighted by Crippen LogP contribution is 2.25. The van der Waals surface area contributed by atoms with Crippen molar-refractivity contribution >= 4 is 17.1 Å². The first-order valence-electron chi connectivity index (χ1n) is 6.44. The molecule has 2 aromatic rings. The zero-order valence-corrected chi connectivity index (χ0v) is 12.1. The van der Waals surface area contributed by atoms with Gasteiger partial charge in [-0.1, -0.05) is 12.1 Å². The van der Waals surface area contributed by atoms with Crippen LogP contribution in [0.25, 0.3) is 0 Å². The van der Waals surface area contributed by atoms with E-state index in [2.05, 4.69) is 10.5 Å². The molecule has 2 N–H and O–H groups in total. The number of para-hydroxylation sites is 2. The first kappa shape index (κ1) is 15.3. The Balaban J connectivity index is 2.29. The van der Waals surface area contributed by atoms with E-state index in [0.717, 1.165) is 0 Å². The number of hydrazone groups is 1. The van der Waals surface area contributed by atoms with Gasteiger partial charge in [-0.3, -0.25) is 15.5 Å². The first-order valence-corrected chi connectivity index (χ1v) is 6.44. The Labute approximate surface area is 127 Å². The minimum absolute atomic E-state index is 0.0476. The van der Waals surface area contributed by atoms with Crippen LogP contribution in [-0.2, 0) is 0 Å². The predicted molar refractivity (Wildman–Crippen MR) is 83.6 cm³/mol. The van der Waals surface area contributed by atoms with Gasteiger partial charge in [-0.2, -0.15) is 5.10 Å². The van der Waals surface area contributed by atoms with Gasteiger partial charge >= 0.3 is 0 Å². The molecule has 2 rings (SSSR count). The fraction of sp³-hybridized carbons (Fsp3) is 0.133. The molecule has 0 saturated carbocycles. The molecule has 2 aromatic carbocycles. The molecule has 0 amide bonds. The van der Waals surface area contributed by atoms with Gasteiger partial charge in [0.25, 0.3) is 5.69 Å². The first-order chi connectivity index (χ1) is 10.5. The monoisotopic (exact) mass is 301 g/mol. The van der Waals surface area contributed by atoms with E-state index in [1.54, 1.807) is 37.3 Å². The van der Waals surface area contributed by atoms with Gasteiger partial charge in [0.1, 0.15) is 17.2 Å². The van der Waals surface area contributed by atoms with E-state index in [1.807, 2.05) is 0 Å². The number of nitro benzene ring substituents is 1. The van der Waals surface area contributed by atoms with Crippen LogP contribution in [-0.4, -0.2) is 22.9 Å². The lowest BCUT2D eigenvalue weighted by Gasteiger charge is -2.08. The van der Waals surface area contributed by atoms with Crippen LogP contribution in [0.15, 0.2) is 47.6 Å². The Kier molecular flexibility index (Phi) is 4.57. The third-order valence-corrected chi connectivity index (χ3v) is 3.04. The highest BCUT2D eigenvalue weighted by Gasteiger charge is 2.12. The highest BCUT2D eigenvalue weighted by molar-refractivity contribution is 6.01. The second-order valence-electron chi connectivity index (χ2n) is 4.47. The van der Waals surface area contributed by atoms with Crippen LogP contribution < -0.4 is 10.2 Å². The minimum Gasteiger partial charge on any atom is -0.507 e. The number of nitro groups is 1. The topological polar surface area (TPSA) is 97.0 Å². The molecule has 0 aromatic heterocycles. The van der Waals surface area contributed by atoms with E-state index < -0.39 is 4.92 Å². The summed E-state index contributed by atoms with van der Waals surface area (Å²) in [6, 6.07) is 10.9. The Morgan fingerprint density at radius 3 is 2.73 bits per heavy atom. The second kappa shape index (κ2) is 6.57. The molecule has 0 unspecified atom stereocenters. The predicted octanol–water partition coefficient (Wildman–Crippen LogP) is 3.15. The van der Waals surface area contributed by atoms with Crippen molar-refractivity contribution in [1.82, 2.24) is 0 Å². The van der Waals surface area contributed by atoms with Crippen LogP contribution in [0.3, 0.4) is 0 Å². The van der Waals surface area contributed by atoms with Gasteiger partial charge in [0.15, 0.2) is 0 Å². The van der Waals surface area contributed by atoms with Crippen molar-refractivity contribution in [2.45, 2.75) is 6.92 Å². The Hall–Kier alpha value is -3.09. The number of hydrogen-bond acceptors (Lipinski definition) is 6. The zero-order chi connectivity index (χ0) is 16.1. The van der Waals surface area contributed by atoms with Crippen molar-refractivity contribution in [2.75, 3.05) is 12.5 Å². The molecule has 0 radical (unpaired) electrons. The van der Waals surface area contributed by atoms with E-state index in [-0.39, 0.29) is 17.1 Å². The van der Waals surface area contributed by atoms with E-state index in [4.69, 9.17) is 4.74 Å². The summed E-state index contributed by atoms with van der Waals surface area (Å²) in [4.78, 5) is 10.4. The third kappa shape index (κ3) is 3.32. The maximum absolute atomic E-state index is 10.9. The number of nitrogens with one attached hydrogen (secondary N) is 1. The number of nitrogens with zero attached hydrogens (tertiary/aromatic N) is 2. The molecule has 7 heteroatoms. The van der Waals surface area contributed by atoms with Gasteiger partial charge in [0.05, 0.1) is 17.7 Å². The lowest BCUT2D eigenvalue weighted by atomic mass is 10.1. The second-order valence-corrected chi connectivity index (χ2v) is 4.47. The molecule has 0 bridgehead atoms. The van der Waals surface area contributed by atoms with Crippen LogP contribution >= 0.6 is 0 Å². The van der Waals surface area contributed by atoms with Crippen molar-refractivity contribution in [1.29, 1.82) is 0 Å². The van der Waals surface area contributed by atoms with Gasteiger partial charge in [-0.25, -0.2) is 0 Å². The number of anilines is 1. The van der Waals surface area contributed by atoms with Crippen LogP contribution in [0, 0.1) is 10.1 Å². The summed E-state index contributed by atoms with van der Waals surface area (Å²) in [7, 11) is 1.52. The number of phenols is 1.